The highest BCUT2D eigenvalue weighted by atomic mass is 16.7. The predicted octanol–water partition coefficient (Wildman–Crippen LogP) is 4.30. The Bertz CT molecular complexity index is 1340. The van der Waals surface area contributed by atoms with Gasteiger partial charge in [-0.25, -0.2) is 4.79 Å². The van der Waals surface area contributed by atoms with Crippen molar-refractivity contribution in [2.45, 2.75) is 19.1 Å². The average Bonchev–Trinajstić information content (AvgIpc) is 3.51. The van der Waals surface area contributed by atoms with Gasteiger partial charge in [0.25, 0.3) is 0 Å². The number of nitrogens with one attached hydrogen (secondary N) is 1. The van der Waals surface area contributed by atoms with Crippen LogP contribution in [0, 0.1) is 0 Å². The summed E-state index contributed by atoms with van der Waals surface area (Å²) in [5, 5.41) is 5.70. The van der Waals surface area contributed by atoms with Crippen LogP contribution in [0.15, 0.2) is 48.0 Å². The van der Waals surface area contributed by atoms with E-state index in [2.05, 4.69) is 17.4 Å². The molecule has 4 aliphatic heterocycles. The van der Waals surface area contributed by atoms with Crippen molar-refractivity contribution in [3.63, 3.8) is 0 Å². The second kappa shape index (κ2) is 5.85. The van der Waals surface area contributed by atoms with E-state index in [0.29, 0.717) is 17.1 Å². The standard InChI is InChI=1S/C24H17NO6/c1-11-6-19(31-24(11)26)22-20-13(4-5-16-23(20)30-10-27-16)14-3-2-12-7-17-18(29-9-28-17)8-15(12)21(14)25-22/h2-8,19,22,25H,9-10H2,1H3/t19-,22+/m0/s1. The molecule has 0 saturated carbocycles. The Morgan fingerprint density at radius 2 is 1.68 bits per heavy atom. The number of hydrogen-bond donors (Lipinski definition) is 1. The first-order valence-corrected chi connectivity index (χ1v) is 10.1. The highest BCUT2D eigenvalue weighted by Gasteiger charge is 2.40. The second-order valence-electron chi connectivity index (χ2n) is 8.02. The molecule has 0 unspecified atom stereocenters. The van der Waals surface area contributed by atoms with Gasteiger partial charge in [0.2, 0.25) is 13.6 Å². The smallest absolute Gasteiger partial charge is 0.334 e. The van der Waals surface area contributed by atoms with Crippen LogP contribution in [0.1, 0.15) is 18.5 Å². The average molecular weight is 415 g/mol. The first-order chi connectivity index (χ1) is 15.2. The lowest BCUT2D eigenvalue weighted by Crippen LogP contribution is -2.29. The van der Waals surface area contributed by atoms with Crippen molar-refractivity contribution in [1.29, 1.82) is 0 Å². The van der Waals surface area contributed by atoms with Crippen molar-refractivity contribution in [1.82, 2.24) is 0 Å². The van der Waals surface area contributed by atoms with Crippen molar-refractivity contribution in [3.05, 3.63) is 53.6 Å². The fourth-order valence-corrected chi connectivity index (χ4v) is 4.83. The lowest BCUT2D eigenvalue weighted by Gasteiger charge is -2.33. The minimum atomic E-state index is -0.459. The van der Waals surface area contributed by atoms with E-state index in [1.54, 1.807) is 6.92 Å². The van der Waals surface area contributed by atoms with Gasteiger partial charge in [-0.3, -0.25) is 0 Å². The first-order valence-electron chi connectivity index (χ1n) is 10.1. The lowest BCUT2D eigenvalue weighted by molar-refractivity contribution is -0.140. The summed E-state index contributed by atoms with van der Waals surface area (Å²) in [6, 6.07) is 11.8. The number of hydrogen-bond acceptors (Lipinski definition) is 7. The van der Waals surface area contributed by atoms with Crippen LogP contribution in [-0.2, 0) is 9.53 Å². The fourth-order valence-electron chi connectivity index (χ4n) is 4.83. The molecule has 0 spiro atoms. The van der Waals surface area contributed by atoms with E-state index >= 15 is 0 Å². The number of carbonyl (C=O) groups excluding carboxylic acids is 1. The summed E-state index contributed by atoms with van der Waals surface area (Å²) in [4.78, 5) is 12.2. The Hall–Kier alpha value is -3.87. The van der Waals surface area contributed by atoms with Crippen LogP contribution in [0.2, 0.25) is 0 Å². The number of cyclic esters (lactones) is 1. The van der Waals surface area contributed by atoms with E-state index in [1.165, 1.54) is 0 Å². The van der Waals surface area contributed by atoms with Crippen molar-refractivity contribution < 1.29 is 28.5 Å². The summed E-state index contributed by atoms with van der Waals surface area (Å²) < 4.78 is 28.3. The largest absolute Gasteiger partial charge is 0.454 e. The van der Waals surface area contributed by atoms with Crippen molar-refractivity contribution in [2.24, 2.45) is 0 Å². The Kier molecular flexibility index (Phi) is 3.18. The Balaban J connectivity index is 1.49. The zero-order valence-electron chi connectivity index (χ0n) is 16.6. The van der Waals surface area contributed by atoms with Gasteiger partial charge in [0.05, 0.1) is 11.7 Å². The van der Waals surface area contributed by atoms with E-state index < -0.39 is 6.10 Å². The van der Waals surface area contributed by atoms with Crippen LogP contribution in [-0.4, -0.2) is 25.7 Å². The van der Waals surface area contributed by atoms with E-state index in [-0.39, 0.29) is 25.6 Å². The molecule has 7 nitrogen and oxygen atoms in total. The molecule has 4 heterocycles. The van der Waals surface area contributed by atoms with Gasteiger partial charge in [-0.05, 0) is 48.2 Å². The maximum Gasteiger partial charge on any atom is 0.334 e. The minimum absolute atomic E-state index is 0.173. The van der Waals surface area contributed by atoms with Gasteiger partial charge in [-0.15, -0.1) is 0 Å². The number of carbonyl (C=O) groups is 1. The maximum absolute atomic E-state index is 12.2. The molecule has 0 fully saturated rings. The zero-order chi connectivity index (χ0) is 20.7. The Morgan fingerprint density at radius 1 is 0.903 bits per heavy atom. The summed E-state index contributed by atoms with van der Waals surface area (Å²) >= 11 is 0. The molecule has 3 aromatic rings. The normalized spacial score (nSPS) is 22.0. The van der Waals surface area contributed by atoms with E-state index in [1.807, 2.05) is 30.3 Å². The van der Waals surface area contributed by atoms with E-state index in [0.717, 1.165) is 44.6 Å². The number of esters is 1. The number of anilines is 1. The summed E-state index contributed by atoms with van der Waals surface area (Å²) in [6.07, 6.45) is 1.41. The van der Waals surface area contributed by atoms with Gasteiger partial charge >= 0.3 is 5.97 Å². The molecule has 3 aromatic carbocycles. The first kappa shape index (κ1) is 16.9. The molecule has 2 atom stereocenters. The molecule has 0 saturated heterocycles. The minimum Gasteiger partial charge on any atom is -0.454 e. The molecule has 4 aliphatic rings. The molecular weight excluding hydrogens is 398 g/mol. The molecule has 0 aromatic heterocycles. The molecule has 0 amide bonds. The highest BCUT2D eigenvalue weighted by Crippen LogP contribution is 2.53. The van der Waals surface area contributed by atoms with Gasteiger partial charge in [-0.1, -0.05) is 12.1 Å². The van der Waals surface area contributed by atoms with Crippen LogP contribution < -0.4 is 24.3 Å². The third-order valence-electron chi connectivity index (χ3n) is 6.30. The lowest BCUT2D eigenvalue weighted by atomic mass is 9.84. The summed E-state index contributed by atoms with van der Waals surface area (Å²) in [5.41, 5.74) is 4.56. The van der Waals surface area contributed by atoms with Gasteiger partial charge in [0, 0.05) is 22.1 Å². The SMILES string of the molecule is CC1=C[C@@H]([C@H]2Nc3c(ccc4cc5c(cc34)OCO5)-c3ccc4c(c32)OCO4)OC1=O. The third-order valence-corrected chi connectivity index (χ3v) is 6.30. The van der Waals surface area contributed by atoms with Gasteiger partial charge in [-0.2, -0.15) is 0 Å². The molecule has 1 N–H and O–H groups in total. The highest BCUT2D eigenvalue weighted by molar-refractivity contribution is 6.05. The van der Waals surface area contributed by atoms with Crippen LogP contribution in [0.5, 0.6) is 23.0 Å². The summed E-state index contributed by atoms with van der Waals surface area (Å²) in [6.45, 7) is 2.16. The number of fused-ring (bicyclic) bond motifs is 8. The second-order valence-corrected chi connectivity index (χ2v) is 8.02. The molecule has 154 valence electrons. The Morgan fingerprint density at radius 3 is 2.52 bits per heavy atom. The van der Waals surface area contributed by atoms with Crippen LogP contribution in [0.4, 0.5) is 5.69 Å². The topological polar surface area (TPSA) is 75.2 Å². The number of rotatable bonds is 1. The fraction of sp³-hybridized carbons (Fsp3) is 0.208. The van der Waals surface area contributed by atoms with Gasteiger partial charge in [0.15, 0.2) is 23.0 Å². The van der Waals surface area contributed by atoms with Crippen molar-refractivity contribution >= 4 is 22.4 Å². The van der Waals surface area contributed by atoms with E-state index in [9.17, 15) is 4.79 Å². The molecule has 0 bridgehead atoms. The van der Waals surface area contributed by atoms with Crippen molar-refractivity contribution in [2.75, 3.05) is 18.9 Å². The van der Waals surface area contributed by atoms with Crippen LogP contribution >= 0.6 is 0 Å². The summed E-state index contributed by atoms with van der Waals surface area (Å²) in [7, 11) is 0. The predicted molar refractivity (Wildman–Crippen MR) is 112 cm³/mol. The van der Waals surface area contributed by atoms with E-state index in [4.69, 9.17) is 23.7 Å². The van der Waals surface area contributed by atoms with Crippen LogP contribution in [0.25, 0.3) is 21.9 Å². The molecule has 7 heteroatoms. The van der Waals surface area contributed by atoms with Crippen LogP contribution in [0.3, 0.4) is 0 Å². The van der Waals surface area contributed by atoms with Crippen molar-refractivity contribution in [3.8, 4) is 34.1 Å². The monoisotopic (exact) mass is 415 g/mol. The number of benzene rings is 3. The maximum atomic E-state index is 12.2. The molecule has 0 radical (unpaired) electrons. The van der Waals surface area contributed by atoms with Gasteiger partial charge < -0.3 is 29.0 Å². The molecule has 31 heavy (non-hydrogen) atoms. The quantitative estimate of drug-likeness (QED) is 0.594. The number of ether oxygens (including phenoxy) is 5. The van der Waals surface area contributed by atoms with Gasteiger partial charge in [0.1, 0.15) is 6.10 Å². The zero-order valence-corrected chi connectivity index (χ0v) is 16.6. The molecule has 7 rings (SSSR count). The third kappa shape index (κ3) is 2.26. The molecular formula is C24H17NO6. The summed E-state index contributed by atoms with van der Waals surface area (Å²) in [5.74, 6) is 2.56. The molecule has 0 aliphatic carbocycles. The Labute approximate surface area is 177 Å².